The van der Waals surface area contributed by atoms with Crippen LogP contribution in [0.25, 0.3) is 21.5 Å². The summed E-state index contributed by atoms with van der Waals surface area (Å²) in [6, 6.07) is 33.8. The molecule has 366 valence electrons. The zero-order valence-electron chi connectivity index (χ0n) is 42.4. The van der Waals surface area contributed by atoms with Crippen molar-refractivity contribution in [3.8, 4) is 11.5 Å². The number of nitrogens with zero attached hydrogens (tertiary/aromatic N) is 5. The van der Waals surface area contributed by atoms with Crippen molar-refractivity contribution < 1.29 is 14.3 Å². The molecule has 9 nitrogen and oxygen atoms in total. The zero-order chi connectivity index (χ0) is 48.2. The van der Waals surface area contributed by atoms with Gasteiger partial charge in [-0.2, -0.15) is 0 Å². The van der Waals surface area contributed by atoms with Gasteiger partial charge in [-0.15, -0.1) is 0 Å². The maximum Gasteiger partial charge on any atom is 0.150 e. The molecule has 0 unspecified atom stereocenters. The number of pyridine rings is 2. The Morgan fingerprint density at radius 1 is 0.522 bits per heavy atom. The third kappa shape index (κ3) is 14.3. The molecule has 2 saturated carbocycles. The molecule has 4 fully saturated rings. The number of fused-ring (bicyclic) bond motifs is 2. The molecule has 9 heteroatoms. The molecule has 0 atom stereocenters. The highest BCUT2D eigenvalue weighted by Crippen LogP contribution is 2.40. The van der Waals surface area contributed by atoms with Crippen molar-refractivity contribution in [2.24, 2.45) is 22.7 Å². The Labute approximate surface area is 413 Å². The monoisotopic (exact) mass is 931 g/mol. The summed E-state index contributed by atoms with van der Waals surface area (Å²) in [7, 11) is 0. The molecule has 4 heterocycles. The first-order valence-electron chi connectivity index (χ1n) is 25.9. The molecule has 1 N–H and O–H groups in total. The first kappa shape index (κ1) is 49.9. The fourth-order valence-electron chi connectivity index (χ4n) is 10.8. The van der Waals surface area contributed by atoms with E-state index in [1.54, 1.807) is 0 Å². The van der Waals surface area contributed by atoms with Gasteiger partial charge in [0.05, 0.1) is 12.2 Å². The summed E-state index contributed by atoms with van der Waals surface area (Å²) in [5, 5.41) is 8.10. The minimum Gasteiger partial charge on any atom is -0.490 e. The van der Waals surface area contributed by atoms with Crippen molar-refractivity contribution in [2.75, 3.05) is 62.2 Å². The summed E-state index contributed by atoms with van der Waals surface area (Å²) >= 11 is 0. The largest absolute Gasteiger partial charge is 0.490 e. The lowest BCUT2D eigenvalue weighted by Gasteiger charge is -2.37. The average molecular weight is 931 g/mol. The summed E-state index contributed by atoms with van der Waals surface area (Å²) < 4.78 is 12.6. The number of hydrogen-bond donors (Lipinski definition) is 1. The van der Waals surface area contributed by atoms with Crippen molar-refractivity contribution in [3.05, 3.63) is 133 Å². The fraction of sp³-hybridized carbons (Fsp3) is 0.483. The number of aromatic nitrogens is 2. The minimum atomic E-state index is 0.334. The first-order valence-corrected chi connectivity index (χ1v) is 25.9. The number of benzene rings is 4. The van der Waals surface area contributed by atoms with Crippen LogP contribution in [0.1, 0.15) is 109 Å². The molecule has 10 rings (SSSR count). The third-order valence-corrected chi connectivity index (χ3v) is 15.2. The Morgan fingerprint density at radius 3 is 1.43 bits per heavy atom. The smallest absolute Gasteiger partial charge is 0.150 e. The number of carbonyl (C=O) groups excluding carboxylic acids is 1. The first-order chi connectivity index (χ1) is 33.4. The van der Waals surface area contributed by atoms with Crippen LogP contribution in [0, 0.1) is 22.7 Å². The molecule has 0 radical (unpaired) electrons. The van der Waals surface area contributed by atoms with Gasteiger partial charge < -0.3 is 24.6 Å². The van der Waals surface area contributed by atoms with Gasteiger partial charge in [-0.25, -0.2) is 0 Å². The van der Waals surface area contributed by atoms with Crippen LogP contribution in [0.15, 0.2) is 122 Å². The van der Waals surface area contributed by atoms with E-state index in [4.69, 9.17) is 9.47 Å². The van der Waals surface area contributed by atoms with Gasteiger partial charge >= 0.3 is 0 Å². The van der Waals surface area contributed by atoms with Crippen molar-refractivity contribution >= 4 is 39.2 Å². The summed E-state index contributed by atoms with van der Waals surface area (Å²) in [5.74, 6) is 3.59. The van der Waals surface area contributed by atoms with Crippen LogP contribution in [-0.4, -0.2) is 85.7 Å². The zero-order valence-corrected chi connectivity index (χ0v) is 42.4. The lowest BCUT2D eigenvalue weighted by Crippen LogP contribution is -2.45. The molecule has 4 aliphatic rings. The summed E-state index contributed by atoms with van der Waals surface area (Å²) in [5.41, 5.74) is 5.49. The average Bonchev–Trinajstić information content (AvgIpc) is 3.37. The minimum absolute atomic E-state index is 0.334. The number of anilines is 2. The number of nitrogens with one attached hydrogen (secondary N) is 1. The van der Waals surface area contributed by atoms with Crippen LogP contribution >= 0.6 is 0 Å². The van der Waals surface area contributed by atoms with Gasteiger partial charge in [0, 0.05) is 101 Å². The van der Waals surface area contributed by atoms with Gasteiger partial charge in [0.1, 0.15) is 17.8 Å². The molecule has 2 aliphatic heterocycles. The van der Waals surface area contributed by atoms with Crippen molar-refractivity contribution in [3.63, 3.8) is 0 Å². The molecule has 0 bridgehead atoms. The second-order valence-electron chi connectivity index (χ2n) is 22.1. The van der Waals surface area contributed by atoms with Crippen molar-refractivity contribution in [1.82, 2.24) is 20.2 Å². The lowest BCUT2D eigenvalue weighted by molar-refractivity contribution is 0.0881. The summed E-state index contributed by atoms with van der Waals surface area (Å²) in [6.45, 7) is 23.8. The lowest BCUT2D eigenvalue weighted by atomic mass is 9.72. The number of rotatable bonds is 9. The number of hydrogen-bond acceptors (Lipinski definition) is 9. The molecular formula is C60H78N6O3. The Balaban J connectivity index is 0.000000157. The Hall–Kier alpha value is -5.51. The van der Waals surface area contributed by atoms with E-state index in [0.29, 0.717) is 28.6 Å². The summed E-state index contributed by atoms with van der Waals surface area (Å²) in [4.78, 5) is 26.4. The number of carbonyl (C=O) groups is 1. The van der Waals surface area contributed by atoms with Gasteiger partial charge in [-0.1, -0.05) is 77.9 Å². The highest BCUT2D eigenvalue weighted by atomic mass is 16.5. The van der Waals surface area contributed by atoms with Gasteiger partial charge in [0.2, 0.25) is 0 Å². The molecule has 6 aromatic rings. The number of ether oxygens (including phenoxy) is 2. The van der Waals surface area contributed by atoms with Crippen LogP contribution in [0.3, 0.4) is 0 Å². The molecular weight excluding hydrogens is 853 g/mol. The topological polar surface area (TPSA) is 83.1 Å². The van der Waals surface area contributed by atoms with Gasteiger partial charge in [0.15, 0.2) is 0 Å². The summed E-state index contributed by atoms with van der Waals surface area (Å²) in [6.07, 6.45) is 18.7. The van der Waals surface area contributed by atoms with E-state index in [2.05, 4.69) is 138 Å². The van der Waals surface area contributed by atoms with E-state index in [0.717, 1.165) is 112 Å². The van der Waals surface area contributed by atoms with E-state index in [1.807, 2.05) is 55.1 Å². The Kier molecular flexibility index (Phi) is 16.9. The molecule has 2 saturated heterocycles. The number of aldehydes is 1. The molecule has 4 aromatic carbocycles. The van der Waals surface area contributed by atoms with E-state index >= 15 is 0 Å². The van der Waals surface area contributed by atoms with Gasteiger partial charge in [0.25, 0.3) is 0 Å². The van der Waals surface area contributed by atoms with Crippen molar-refractivity contribution in [1.29, 1.82) is 0 Å². The standard InChI is InChI=1S/C30H39N3O.C21H26O2.C9H13N3/c1-30(2,3)26-7-10-28(11-8-26)34-29-9-6-24-20-23(4-5-25(24)21-29)22-32-16-18-33(19-17-32)27-12-14-31-15-13-27;1-21(2,3)18-7-10-19(11-8-18)23-20-9-6-16-12-15(14-22)4-5-17(16)13-20;1-3-10-4-2-9(1)12-7-5-11-6-8-12/h4-6,9,12-15,20-21,26,28H,7-8,10-11,16-19,22H2,1-3H3;4-6,9,12-14,18-19H,7-8,10-11H2,1-3H3;1-4,11H,5-8H2. The second-order valence-corrected chi connectivity index (χ2v) is 22.1. The normalized spacial score (nSPS) is 21.4. The van der Waals surface area contributed by atoms with E-state index in [-0.39, 0.29) is 0 Å². The Morgan fingerprint density at radius 2 is 0.957 bits per heavy atom. The van der Waals surface area contributed by atoms with E-state index in [1.165, 1.54) is 66.2 Å². The predicted octanol–water partition coefficient (Wildman–Crippen LogP) is 12.7. The predicted molar refractivity (Wildman–Crippen MR) is 286 cm³/mol. The highest BCUT2D eigenvalue weighted by Gasteiger charge is 2.32. The van der Waals surface area contributed by atoms with Gasteiger partial charge in [-0.3, -0.25) is 19.7 Å². The molecule has 2 aliphatic carbocycles. The Bertz CT molecular complexity index is 2510. The number of piperazine rings is 2. The second kappa shape index (κ2) is 23.4. The molecule has 2 aromatic heterocycles. The maximum atomic E-state index is 10.9. The maximum absolute atomic E-state index is 10.9. The van der Waals surface area contributed by atoms with E-state index in [9.17, 15) is 4.79 Å². The highest BCUT2D eigenvalue weighted by molar-refractivity contribution is 5.89. The van der Waals surface area contributed by atoms with Crippen LogP contribution in [0.5, 0.6) is 11.5 Å². The van der Waals surface area contributed by atoms with Gasteiger partial charge in [-0.05, 0) is 162 Å². The molecule has 0 amide bonds. The van der Waals surface area contributed by atoms with E-state index < -0.39 is 0 Å². The fourth-order valence-corrected chi connectivity index (χ4v) is 10.8. The van der Waals surface area contributed by atoms with Crippen molar-refractivity contribution in [2.45, 2.75) is 112 Å². The van der Waals surface area contributed by atoms with Crippen LogP contribution in [0.2, 0.25) is 0 Å². The van der Waals surface area contributed by atoms with Crippen LogP contribution < -0.4 is 24.6 Å². The quantitative estimate of drug-likeness (QED) is 0.143. The third-order valence-electron chi connectivity index (χ3n) is 15.2. The van der Waals surface area contributed by atoms with Crippen LogP contribution in [-0.2, 0) is 6.54 Å². The molecule has 0 spiro atoms. The molecule has 69 heavy (non-hydrogen) atoms. The SMILES string of the molecule is CC(C)(C)C1CCC(Oc2ccc3cc(C=O)ccc3c2)CC1.CC(C)(C)C1CCC(Oc2ccc3cc(CN4CCN(c5ccncc5)CC4)ccc3c2)CC1.c1cc(N2CCNCC2)ccn1. The van der Waals surface area contributed by atoms with Crippen LogP contribution in [0.4, 0.5) is 11.4 Å².